The minimum atomic E-state index is -3.65. The van der Waals surface area contributed by atoms with Gasteiger partial charge in [-0.1, -0.05) is 43.0 Å². The zero-order valence-electron chi connectivity index (χ0n) is 20.8. The first-order valence-electron chi connectivity index (χ1n) is 12.0. The summed E-state index contributed by atoms with van der Waals surface area (Å²) in [6.07, 6.45) is 7.97. The molecule has 1 aromatic heterocycles. The Kier molecular flexibility index (Phi) is 11.0. The molecule has 1 heterocycles. The van der Waals surface area contributed by atoms with Gasteiger partial charge in [0.25, 0.3) is 0 Å². The van der Waals surface area contributed by atoms with Crippen molar-refractivity contribution in [3.05, 3.63) is 81.0 Å². The van der Waals surface area contributed by atoms with Crippen LogP contribution in [0, 0.1) is 12.3 Å². The van der Waals surface area contributed by atoms with E-state index in [0.717, 1.165) is 35.3 Å². The van der Waals surface area contributed by atoms with Crippen LogP contribution in [0.15, 0.2) is 64.2 Å². The van der Waals surface area contributed by atoms with Crippen molar-refractivity contribution < 1.29 is 17.9 Å². The molecule has 3 rings (SSSR count). The number of nitrogens with one attached hydrogen (secondary N) is 1. The number of unbranched alkanes of at least 4 members (excludes halogenated alkanes) is 1. The number of amides is 1. The summed E-state index contributed by atoms with van der Waals surface area (Å²) < 4.78 is 32.9. The third-order valence-corrected chi connectivity index (χ3v) is 8.08. The Labute approximate surface area is 228 Å². The van der Waals surface area contributed by atoms with Crippen LogP contribution in [0.3, 0.4) is 0 Å². The van der Waals surface area contributed by atoms with Crippen LogP contribution in [0.4, 0.5) is 0 Å². The molecule has 0 radical (unpaired) electrons. The van der Waals surface area contributed by atoms with Gasteiger partial charge in [-0.3, -0.25) is 4.79 Å². The fourth-order valence-electron chi connectivity index (χ4n) is 3.64. The summed E-state index contributed by atoms with van der Waals surface area (Å²) in [7, 11) is -3.65. The Morgan fingerprint density at radius 2 is 1.95 bits per heavy atom. The van der Waals surface area contributed by atoms with E-state index in [2.05, 4.69) is 17.6 Å². The lowest BCUT2D eigenvalue weighted by molar-refractivity contribution is -0.131. The number of hydrogen-bond acceptors (Lipinski definition) is 5. The van der Waals surface area contributed by atoms with Gasteiger partial charge in [0, 0.05) is 23.7 Å². The smallest absolute Gasteiger partial charge is 0.241 e. The molecular formula is C28H31ClN2O4S2. The molecule has 2 aromatic carbocycles. The topological polar surface area (TPSA) is 75.7 Å². The van der Waals surface area contributed by atoms with Crippen molar-refractivity contribution >= 4 is 38.9 Å². The van der Waals surface area contributed by atoms with E-state index in [-0.39, 0.29) is 17.3 Å². The molecule has 0 aliphatic carbocycles. The molecule has 0 saturated heterocycles. The first kappa shape index (κ1) is 28.7. The second-order valence-corrected chi connectivity index (χ2v) is 11.5. The highest BCUT2D eigenvalue weighted by atomic mass is 35.5. The van der Waals surface area contributed by atoms with Crippen LogP contribution >= 0.6 is 22.9 Å². The standard InChI is InChI=1S/C28H31ClN2O4S2/c1-3-5-16-35-27-11-8-25(29)19-24(27)20-31(28(32)18-23-13-17-36-21-23)15-12-22-6-9-26(10-7-22)37(33,34)30-14-4-2/h2,6-11,13,17,19,21,30H,3,5,12,14-16,18,20H2,1H3. The quantitative estimate of drug-likeness (QED) is 0.215. The number of benzene rings is 2. The van der Waals surface area contributed by atoms with Gasteiger partial charge >= 0.3 is 0 Å². The fourth-order valence-corrected chi connectivity index (χ4v) is 5.43. The lowest BCUT2D eigenvalue weighted by Crippen LogP contribution is -2.33. The van der Waals surface area contributed by atoms with Gasteiger partial charge in [-0.15, -0.1) is 6.42 Å². The van der Waals surface area contributed by atoms with E-state index in [1.807, 2.05) is 29.0 Å². The van der Waals surface area contributed by atoms with Crippen molar-refractivity contribution in [2.45, 2.75) is 44.0 Å². The molecular weight excluding hydrogens is 528 g/mol. The second-order valence-electron chi connectivity index (χ2n) is 8.50. The fraction of sp³-hybridized carbons (Fsp3) is 0.321. The third kappa shape index (κ3) is 8.90. The van der Waals surface area contributed by atoms with Crippen molar-refractivity contribution in [1.29, 1.82) is 0 Å². The molecule has 0 spiro atoms. The first-order valence-corrected chi connectivity index (χ1v) is 14.8. The van der Waals surface area contributed by atoms with E-state index in [4.69, 9.17) is 22.8 Å². The van der Waals surface area contributed by atoms with Gasteiger partial charge in [-0.2, -0.15) is 16.1 Å². The van der Waals surface area contributed by atoms with Gasteiger partial charge in [0.05, 0.1) is 24.5 Å². The highest BCUT2D eigenvalue weighted by molar-refractivity contribution is 7.89. The number of rotatable bonds is 14. The number of thiophene rings is 1. The summed E-state index contributed by atoms with van der Waals surface area (Å²) in [6, 6.07) is 14.0. The zero-order chi connectivity index (χ0) is 26.7. The minimum Gasteiger partial charge on any atom is -0.493 e. The molecule has 0 bridgehead atoms. The van der Waals surface area contributed by atoms with Crippen molar-refractivity contribution in [3.63, 3.8) is 0 Å². The van der Waals surface area contributed by atoms with Crippen molar-refractivity contribution in [3.8, 4) is 18.1 Å². The maximum absolute atomic E-state index is 13.3. The van der Waals surface area contributed by atoms with Crippen LogP contribution in [0.1, 0.15) is 36.5 Å². The maximum Gasteiger partial charge on any atom is 0.241 e. The van der Waals surface area contributed by atoms with E-state index < -0.39 is 10.0 Å². The number of sulfonamides is 1. The molecule has 0 aliphatic heterocycles. The van der Waals surface area contributed by atoms with E-state index >= 15 is 0 Å². The molecule has 0 fully saturated rings. The van der Waals surface area contributed by atoms with Gasteiger partial charge in [0.1, 0.15) is 5.75 Å². The summed E-state index contributed by atoms with van der Waals surface area (Å²) in [6.45, 7) is 3.43. The Bertz CT molecular complexity index is 1300. The van der Waals surface area contributed by atoms with Crippen LogP contribution < -0.4 is 9.46 Å². The molecule has 9 heteroatoms. The molecule has 37 heavy (non-hydrogen) atoms. The highest BCUT2D eigenvalue weighted by Gasteiger charge is 2.18. The Hall–Kier alpha value is -2.83. The third-order valence-electron chi connectivity index (χ3n) is 5.70. The van der Waals surface area contributed by atoms with E-state index in [9.17, 15) is 13.2 Å². The van der Waals surface area contributed by atoms with Crippen LogP contribution in [0.2, 0.25) is 5.02 Å². The van der Waals surface area contributed by atoms with Gasteiger partial charge in [-0.05, 0) is 71.1 Å². The van der Waals surface area contributed by atoms with Crippen LogP contribution in [0.25, 0.3) is 0 Å². The van der Waals surface area contributed by atoms with Gasteiger partial charge in [-0.25, -0.2) is 8.42 Å². The lowest BCUT2D eigenvalue weighted by atomic mass is 10.1. The lowest BCUT2D eigenvalue weighted by Gasteiger charge is -2.24. The SMILES string of the molecule is C#CCNS(=O)(=O)c1ccc(CCN(Cc2cc(Cl)ccc2OCCCC)C(=O)Cc2ccsc2)cc1. The van der Waals surface area contributed by atoms with Gasteiger partial charge in [0.2, 0.25) is 15.9 Å². The van der Waals surface area contributed by atoms with Gasteiger partial charge in [0.15, 0.2) is 0 Å². The average Bonchev–Trinajstić information content (AvgIpc) is 3.40. The molecule has 0 aliphatic rings. The summed E-state index contributed by atoms with van der Waals surface area (Å²) in [5.41, 5.74) is 2.73. The maximum atomic E-state index is 13.3. The largest absolute Gasteiger partial charge is 0.493 e. The van der Waals surface area contributed by atoms with Crippen LogP contribution in [-0.4, -0.2) is 38.9 Å². The molecule has 3 aromatic rings. The Morgan fingerprint density at radius 3 is 2.62 bits per heavy atom. The molecule has 196 valence electrons. The molecule has 0 atom stereocenters. The van der Waals surface area contributed by atoms with Crippen molar-refractivity contribution in [2.75, 3.05) is 19.7 Å². The van der Waals surface area contributed by atoms with E-state index in [0.29, 0.717) is 37.6 Å². The highest BCUT2D eigenvalue weighted by Crippen LogP contribution is 2.25. The number of terminal acetylenes is 1. The minimum absolute atomic E-state index is 0.00411. The molecule has 1 amide bonds. The average molecular weight is 559 g/mol. The zero-order valence-corrected chi connectivity index (χ0v) is 23.2. The summed E-state index contributed by atoms with van der Waals surface area (Å²) in [5, 5.41) is 4.51. The molecule has 6 nitrogen and oxygen atoms in total. The number of hydrogen-bond donors (Lipinski definition) is 1. The van der Waals surface area contributed by atoms with Crippen molar-refractivity contribution in [1.82, 2.24) is 9.62 Å². The van der Waals surface area contributed by atoms with Gasteiger partial charge < -0.3 is 9.64 Å². The van der Waals surface area contributed by atoms with Crippen molar-refractivity contribution in [2.24, 2.45) is 0 Å². The Morgan fingerprint density at radius 1 is 1.16 bits per heavy atom. The molecule has 0 unspecified atom stereocenters. The number of carbonyl (C=O) groups excluding carboxylic acids is 1. The molecule has 1 N–H and O–H groups in total. The summed E-state index contributed by atoms with van der Waals surface area (Å²) >= 11 is 7.85. The van der Waals surface area contributed by atoms with E-state index in [1.165, 1.54) is 0 Å². The summed E-state index contributed by atoms with van der Waals surface area (Å²) in [5.74, 6) is 2.98. The summed E-state index contributed by atoms with van der Waals surface area (Å²) in [4.78, 5) is 15.3. The predicted octanol–water partition coefficient (Wildman–Crippen LogP) is 5.31. The first-order chi connectivity index (χ1) is 17.8. The van der Waals surface area contributed by atoms with E-state index in [1.54, 1.807) is 46.6 Å². The number of ether oxygens (including phenoxy) is 1. The van der Waals surface area contributed by atoms with Crippen LogP contribution in [-0.2, 0) is 34.2 Å². The predicted molar refractivity (Wildman–Crippen MR) is 149 cm³/mol. The number of carbonyl (C=O) groups is 1. The Balaban J connectivity index is 1.76. The normalized spacial score (nSPS) is 11.2. The monoisotopic (exact) mass is 558 g/mol. The molecule has 0 saturated carbocycles. The number of halogens is 1. The van der Waals surface area contributed by atoms with Crippen LogP contribution in [0.5, 0.6) is 5.75 Å². The number of nitrogens with zero attached hydrogens (tertiary/aromatic N) is 1. The second kappa shape index (κ2) is 14.2.